The van der Waals surface area contributed by atoms with Crippen molar-refractivity contribution in [2.75, 3.05) is 24.4 Å². The lowest BCUT2D eigenvalue weighted by Crippen LogP contribution is -2.42. The van der Waals surface area contributed by atoms with Crippen LogP contribution in [0.15, 0.2) is 24.5 Å². The van der Waals surface area contributed by atoms with E-state index in [1.165, 1.54) is 4.31 Å². The van der Waals surface area contributed by atoms with Crippen molar-refractivity contribution in [2.45, 2.75) is 18.1 Å². The van der Waals surface area contributed by atoms with Gasteiger partial charge in [0, 0.05) is 19.4 Å². The Morgan fingerprint density at radius 3 is 2.47 bits per heavy atom. The third-order valence-corrected chi connectivity index (χ3v) is 5.40. The second kappa shape index (κ2) is 5.01. The fourth-order valence-corrected chi connectivity index (χ4v) is 3.71. The Hall–Kier alpha value is -1.14. The van der Waals surface area contributed by atoms with Gasteiger partial charge in [-0.25, -0.2) is 8.42 Å². The Bertz CT molecular complexity index is 455. The molecule has 1 aromatic rings. The Balaban J connectivity index is 2.20. The molecule has 5 nitrogen and oxygen atoms in total. The predicted molar refractivity (Wildman–Crippen MR) is 67.5 cm³/mol. The van der Waals surface area contributed by atoms with Crippen LogP contribution >= 0.6 is 0 Å². The number of aromatic nitrogens is 1. The average Bonchev–Trinajstić information content (AvgIpc) is 2.40. The number of hydrogen-bond donors (Lipinski definition) is 1. The molecule has 2 rings (SSSR count). The second-order valence-corrected chi connectivity index (χ2v) is 6.41. The number of anilines is 1. The van der Waals surface area contributed by atoms with Crippen molar-refractivity contribution >= 4 is 15.7 Å². The van der Waals surface area contributed by atoms with Crippen LogP contribution < -0.4 is 9.62 Å². The molecule has 6 heteroatoms. The van der Waals surface area contributed by atoms with Gasteiger partial charge in [-0.1, -0.05) is 0 Å². The van der Waals surface area contributed by atoms with Gasteiger partial charge in [-0.2, -0.15) is 0 Å². The molecule has 0 aromatic carbocycles. The van der Waals surface area contributed by atoms with E-state index in [1.54, 1.807) is 31.6 Å². The summed E-state index contributed by atoms with van der Waals surface area (Å²) in [4.78, 5) is 3.89. The van der Waals surface area contributed by atoms with Gasteiger partial charge in [0.1, 0.15) is 0 Å². The molecule has 1 saturated heterocycles. The Morgan fingerprint density at radius 2 is 1.88 bits per heavy atom. The number of hydrogen-bond acceptors (Lipinski definition) is 4. The number of sulfonamides is 1. The highest BCUT2D eigenvalue weighted by Crippen LogP contribution is 2.22. The SMILES string of the molecule is CN(c1ccncc1)S(=O)(=O)C1CCNCC1. The van der Waals surface area contributed by atoms with Crippen molar-refractivity contribution < 1.29 is 8.42 Å². The molecule has 1 N–H and O–H groups in total. The molecule has 0 unspecified atom stereocenters. The van der Waals surface area contributed by atoms with Crippen LogP contribution in [0.5, 0.6) is 0 Å². The van der Waals surface area contributed by atoms with Crippen LogP contribution in [-0.2, 0) is 10.0 Å². The summed E-state index contributed by atoms with van der Waals surface area (Å²) in [6.07, 6.45) is 4.56. The van der Waals surface area contributed by atoms with Crippen LogP contribution in [0.25, 0.3) is 0 Å². The van der Waals surface area contributed by atoms with Crippen LogP contribution in [0.2, 0.25) is 0 Å². The fourth-order valence-electron chi connectivity index (χ4n) is 2.02. The maximum atomic E-state index is 12.4. The van der Waals surface area contributed by atoms with Gasteiger partial charge in [-0.15, -0.1) is 0 Å². The summed E-state index contributed by atoms with van der Waals surface area (Å²) < 4.78 is 26.1. The summed E-state index contributed by atoms with van der Waals surface area (Å²) in [5.41, 5.74) is 0.665. The maximum Gasteiger partial charge on any atom is 0.237 e. The third-order valence-electron chi connectivity index (χ3n) is 3.12. The van der Waals surface area contributed by atoms with E-state index in [0.29, 0.717) is 18.5 Å². The second-order valence-electron chi connectivity index (χ2n) is 4.17. The quantitative estimate of drug-likeness (QED) is 0.859. The Kier molecular flexibility index (Phi) is 3.63. The Labute approximate surface area is 102 Å². The number of nitrogens with one attached hydrogen (secondary N) is 1. The molecular formula is C11H17N3O2S. The van der Waals surface area contributed by atoms with Gasteiger partial charge in [-0.05, 0) is 38.1 Å². The molecule has 1 fully saturated rings. The van der Waals surface area contributed by atoms with Gasteiger partial charge in [0.25, 0.3) is 0 Å². The molecule has 0 bridgehead atoms. The van der Waals surface area contributed by atoms with E-state index in [4.69, 9.17) is 0 Å². The van der Waals surface area contributed by atoms with E-state index in [9.17, 15) is 8.42 Å². The number of nitrogens with zero attached hydrogens (tertiary/aromatic N) is 2. The zero-order valence-electron chi connectivity index (χ0n) is 9.83. The largest absolute Gasteiger partial charge is 0.317 e. The van der Waals surface area contributed by atoms with Crippen LogP contribution in [0, 0.1) is 0 Å². The smallest absolute Gasteiger partial charge is 0.237 e. The number of pyridine rings is 1. The molecule has 1 aromatic heterocycles. The monoisotopic (exact) mass is 255 g/mol. The lowest BCUT2D eigenvalue weighted by atomic mass is 10.2. The topological polar surface area (TPSA) is 62.3 Å². The highest BCUT2D eigenvalue weighted by molar-refractivity contribution is 7.93. The normalized spacial score (nSPS) is 17.9. The van der Waals surface area contributed by atoms with Crippen molar-refractivity contribution in [1.29, 1.82) is 0 Å². The summed E-state index contributed by atoms with van der Waals surface area (Å²) in [6, 6.07) is 3.41. The molecule has 2 heterocycles. The van der Waals surface area contributed by atoms with Crippen molar-refractivity contribution in [2.24, 2.45) is 0 Å². The first-order valence-corrected chi connectivity index (χ1v) is 7.21. The summed E-state index contributed by atoms with van der Waals surface area (Å²) in [6.45, 7) is 1.54. The van der Waals surface area contributed by atoms with E-state index in [-0.39, 0.29) is 5.25 Å². The maximum absolute atomic E-state index is 12.4. The summed E-state index contributed by atoms with van der Waals surface area (Å²) >= 11 is 0. The molecule has 0 spiro atoms. The predicted octanol–water partition coefficient (Wildman–Crippen LogP) is 0.600. The minimum absolute atomic E-state index is 0.276. The zero-order chi connectivity index (χ0) is 12.3. The number of piperidine rings is 1. The van der Waals surface area contributed by atoms with Crippen LogP contribution in [-0.4, -0.2) is 38.8 Å². The minimum Gasteiger partial charge on any atom is -0.317 e. The van der Waals surface area contributed by atoms with E-state index in [1.807, 2.05) is 0 Å². The van der Waals surface area contributed by atoms with E-state index in [2.05, 4.69) is 10.3 Å². The molecule has 1 aliphatic rings. The molecule has 0 aliphatic carbocycles. The first kappa shape index (κ1) is 12.3. The van der Waals surface area contributed by atoms with Gasteiger partial charge >= 0.3 is 0 Å². The Morgan fingerprint density at radius 1 is 1.29 bits per heavy atom. The van der Waals surface area contributed by atoms with Gasteiger partial charge in [-0.3, -0.25) is 9.29 Å². The highest BCUT2D eigenvalue weighted by Gasteiger charge is 2.30. The molecule has 17 heavy (non-hydrogen) atoms. The molecular weight excluding hydrogens is 238 g/mol. The van der Waals surface area contributed by atoms with E-state index >= 15 is 0 Å². The summed E-state index contributed by atoms with van der Waals surface area (Å²) in [7, 11) is -1.65. The first-order valence-electron chi connectivity index (χ1n) is 5.71. The lowest BCUT2D eigenvalue weighted by Gasteiger charge is -2.28. The first-order chi connectivity index (χ1) is 8.12. The average molecular weight is 255 g/mol. The zero-order valence-corrected chi connectivity index (χ0v) is 10.7. The highest BCUT2D eigenvalue weighted by atomic mass is 32.2. The van der Waals surface area contributed by atoms with Gasteiger partial charge in [0.15, 0.2) is 0 Å². The molecule has 1 aliphatic heterocycles. The van der Waals surface area contributed by atoms with E-state index in [0.717, 1.165) is 13.1 Å². The van der Waals surface area contributed by atoms with Crippen molar-refractivity contribution in [3.63, 3.8) is 0 Å². The van der Waals surface area contributed by atoms with Crippen molar-refractivity contribution in [3.05, 3.63) is 24.5 Å². The number of rotatable bonds is 3. The van der Waals surface area contributed by atoms with Crippen LogP contribution in [0.3, 0.4) is 0 Å². The third kappa shape index (κ3) is 2.58. The van der Waals surface area contributed by atoms with Crippen molar-refractivity contribution in [3.8, 4) is 0 Å². The van der Waals surface area contributed by atoms with Crippen molar-refractivity contribution in [1.82, 2.24) is 10.3 Å². The molecule has 0 saturated carbocycles. The van der Waals surface area contributed by atoms with E-state index < -0.39 is 10.0 Å². The van der Waals surface area contributed by atoms with Gasteiger partial charge < -0.3 is 5.32 Å². The van der Waals surface area contributed by atoms with Gasteiger partial charge in [0.05, 0.1) is 10.9 Å². The lowest BCUT2D eigenvalue weighted by molar-refractivity contribution is 0.495. The minimum atomic E-state index is -3.25. The van der Waals surface area contributed by atoms with Crippen LogP contribution in [0.1, 0.15) is 12.8 Å². The standard InChI is InChI=1S/C11H17N3O2S/c1-14(10-2-6-12-7-3-10)17(15,16)11-4-8-13-9-5-11/h2-3,6-7,11,13H,4-5,8-9H2,1H3. The fraction of sp³-hybridized carbons (Fsp3) is 0.545. The molecule has 0 amide bonds. The van der Waals surface area contributed by atoms with Crippen LogP contribution in [0.4, 0.5) is 5.69 Å². The summed E-state index contributed by atoms with van der Waals surface area (Å²) in [5.74, 6) is 0. The molecule has 0 atom stereocenters. The molecule has 94 valence electrons. The summed E-state index contributed by atoms with van der Waals surface area (Å²) in [5, 5.41) is 2.90. The van der Waals surface area contributed by atoms with Gasteiger partial charge in [0.2, 0.25) is 10.0 Å². The molecule has 0 radical (unpaired) electrons.